The summed E-state index contributed by atoms with van der Waals surface area (Å²) in [6.07, 6.45) is 0.665. The van der Waals surface area contributed by atoms with Gasteiger partial charge in [-0.05, 0) is 5.57 Å². The van der Waals surface area contributed by atoms with Gasteiger partial charge in [0.2, 0.25) is 0 Å². The Morgan fingerprint density at radius 1 is 1.13 bits per heavy atom. The molecule has 1 aliphatic carbocycles. The number of hydrogen-bond donors (Lipinski definition) is 5. The van der Waals surface area contributed by atoms with E-state index in [4.69, 9.17) is 20.4 Å². The van der Waals surface area contributed by atoms with E-state index in [2.05, 4.69) is 0 Å². The fourth-order valence-electron chi connectivity index (χ4n) is 2.26. The van der Waals surface area contributed by atoms with Crippen molar-refractivity contribution >= 4 is 0 Å². The first kappa shape index (κ1) is 12.6. The Kier molecular flexibility index (Phi) is 4.69. The van der Waals surface area contributed by atoms with Crippen LogP contribution in [0.2, 0.25) is 0 Å². The first-order valence-electron chi connectivity index (χ1n) is 5.01. The zero-order chi connectivity index (χ0) is 11.4. The lowest BCUT2D eigenvalue weighted by Gasteiger charge is -2.28. The number of aliphatic hydroxyl groups excluding tert-OH is 5. The average Bonchev–Trinajstić information content (AvgIpc) is 2.57. The van der Waals surface area contributed by atoms with Crippen molar-refractivity contribution in [2.75, 3.05) is 26.4 Å². The lowest BCUT2D eigenvalue weighted by Crippen LogP contribution is -2.35. The highest BCUT2D eigenvalue weighted by Crippen LogP contribution is 2.36. The minimum atomic E-state index is -0.825. The van der Waals surface area contributed by atoms with Gasteiger partial charge in [0.15, 0.2) is 0 Å². The van der Waals surface area contributed by atoms with Crippen LogP contribution in [0.3, 0.4) is 0 Å². The minimum Gasteiger partial charge on any atom is -0.396 e. The maximum Gasteiger partial charge on any atom is 0.0763 e. The van der Waals surface area contributed by atoms with E-state index in [-0.39, 0.29) is 32.3 Å². The molecule has 5 nitrogen and oxygen atoms in total. The van der Waals surface area contributed by atoms with Crippen molar-refractivity contribution < 1.29 is 25.5 Å². The summed E-state index contributed by atoms with van der Waals surface area (Å²) < 4.78 is 0. The summed E-state index contributed by atoms with van der Waals surface area (Å²) in [5.41, 5.74) is 0.571. The van der Waals surface area contributed by atoms with Gasteiger partial charge in [0.25, 0.3) is 0 Å². The molecular weight excluding hydrogens is 200 g/mol. The maximum atomic E-state index is 9.70. The molecule has 0 radical (unpaired) electrons. The standard InChI is InChI=1S/C10H18O5/c11-2-6-1-9(15)10(8(6)5-14)7(3-12)4-13/h1,7-15H,2-5H2/t8-,9+,10-/m1/s1. The van der Waals surface area contributed by atoms with Crippen LogP contribution in [0.25, 0.3) is 0 Å². The molecule has 0 fully saturated rings. The quantitative estimate of drug-likeness (QED) is 0.347. The molecule has 0 amide bonds. The van der Waals surface area contributed by atoms with Crippen molar-refractivity contribution in [1.82, 2.24) is 0 Å². The van der Waals surface area contributed by atoms with E-state index in [0.717, 1.165) is 0 Å². The molecule has 0 aliphatic heterocycles. The van der Waals surface area contributed by atoms with Gasteiger partial charge in [0.1, 0.15) is 0 Å². The van der Waals surface area contributed by atoms with E-state index in [1.807, 2.05) is 0 Å². The summed E-state index contributed by atoms with van der Waals surface area (Å²) in [7, 11) is 0. The monoisotopic (exact) mass is 218 g/mol. The van der Waals surface area contributed by atoms with Crippen LogP contribution in [0, 0.1) is 17.8 Å². The zero-order valence-electron chi connectivity index (χ0n) is 8.45. The Morgan fingerprint density at radius 2 is 1.73 bits per heavy atom. The first-order valence-corrected chi connectivity index (χ1v) is 5.01. The smallest absolute Gasteiger partial charge is 0.0763 e. The van der Waals surface area contributed by atoms with Crippen LogP contribution in [0.15, 0.2) is 11.6 Å². The van der Waals surface area contributed by atoms with Gasteiger partial charge in [-0.3, -0.25) is 0 Å². The second-order valence-electron chi connectivity index (χ2n) is 3.88. The highest BCUT2D eigenvalue weighted by molar-refractivity contribution is 5.20. The summed E-state index contributed by atoms with van der Waals surface area (Å²) in [6, 6.07) is 0. The van der Waals surface area contributed by atoms with Gasteiger partial charge >= 0.3 is 0 Å². The van der Waals surface area contributed by atoms with Gasteiger partial charge in [-0.15, -0.1) is 0 Å². The lowest BCUT2D eigenvalue weighted by atomic mass is 9.81. The molecule has 0 saturated carbocycles. The Balaban J connectivity index is 2.81. The molecule has 15 heavy (non-hydrogen) atoms. The van der Waals surface area contributed by atoms with Crippen molar-refractivity contribution in [2.45, 2.75) is 6.10 Å². The highest BCUT2D eigenvalue weighted by Gasteiger charge is 2.39. The second kappa shape index (κ2) is 5.58. The van der Waals surface area contributed by atoms with Crippen molar-refractivity contribution in [3.05, 3.63) is 11.6 Å². The van der Waals surface area contributed by atoms with E-state index >= 15 is 0 Å². The Bertz CT molecular complexity index is 224. The van der Waals surface area contributed by atoms with E-state index in [0.29, 0.717) is 5.57 Å². The van der Waals surface area contributed by atoms with Gasteiger partial charge in [-0.2, -0.15) is 0 Å². The number of hydrogen-bond acceptors (Lipinski definition) is 5. The van der Waals surface area contributed by atoms with Crippen LogP contribution in [-0.4, -0.2) is 58.1 Å². The molecule has 88 valence electrons. The van der Waals surface area contributed by atoms with E-state index in [1.165, 1.54) is 6.08 Å². The summed E-state index contributed by atoms with van der Waals surface area (Å²) in [4.78, 5) is 0. The molecule has 0 unspecified atom stereocenters. The fourth-order valence-corrected chi connectivity index (χ4v) is 2.26. The summed E-state index contributed by atoms with van der Waals surface area (Å²) >= 11 is 0. The molecule has 0 aromatic rings. The van der Waals surface area contributed by atoms with E-state index < -0.39 is 17.9 Å². The van der Waals surface area contributed by atoms with Crippen LogP contribution < -0.4 is 0 Å². The molecule has 5 N–H and O–H groups in total. The van der Waals surface area contributed by atoms with Crippen molar-refractivity contribution in [2.24, 2.45) is 17.8 Å². The van der Waals surface area contributed by atoms with E-state index in [9.17, 15) is 5.11 Å². The predicted octanol–water partition coefficient (Wildman–Crippen LogP) is -1.89. The fraction of sp³-hybridized carbons (Fsp3) is 0.800. The molecule has 0 aromatic heterocycles. The molecule has 0 aromatic carbocycles. The Morgan fingerprint density at radius 3 is 2.13 bits per heavy atom. The van der Waals surface area contributed by atoms with Crippen molar-refractivity contribution in [3.8, 4) is 0 Å². The third-order valence-corrected chi connectivity index (χ3v) is 3.11. The Labute approximate surface area is 88.3 Å². The molecule has 1 rings (SSSR count). The number of rotatable bonds is 5. The average molecular weight is 218 g/mol. The minimum absolute atomic E-state index is 0.204. The molecule has 1 aliphatic rings. The first-order chi connectivity index (χ1) is 7.19. The van der Waals surface area contributed by atoms with Crippen LogP contribution in [0.1, 0.15) is 0 Å². The number of aliphatic hydroxyl groups is 5. The normalized spacial score (nSPS) is 31.1. The topological polar surface area (TPSA) is 101 Å². The van der Waals surface area contributed by atoms with Crippen LogP contribution in [0.5, 0.6) is 0 Å². The summed E-state index contributed by atoms with van der Waals surface area (Å²) in [6.45, 7) is -0.921. The van der Waals surface area contributed by atoms with Crippen molar-refractivity contribution in [1.29, 1.82) is 0 Å². The second-order valence-corrected chi connectivity index (χ2v) is 3.88. The van der Waals surface area contributed by atoms with Gasteiger partial charge in [0, 0.05) is 31.0 Å². The third kappa shape index (κ3) is 2.38. The largest absolute Gasteiger partial charge is 0.396 e. The van der Waals surface area contributed by atoms with Crippen LogP contribution in [0.4, 0.5) is 0 Å². The molecule has 0 saturated heterocycles. The van der Waals surface area contributed by atoms with Gasteiger partial charge in [-0.25, -0.2) is 0 Å². The van der Waals surface area contributed by atoms with Gasteiger partial charge < -0.3 is 25.5 Å². The predicted molar refractivity (Wildman–Crippen MR) is 52.9 cm³/mol. The zero-order valence-corrected chi connectivity index (χ0v) is 8.45. The maximum absolute atomic E-state index is 9.70. The van der Waals surface area contributed by atoms with Crippen molar-refractivity contribution in [3.63, 3.8) is 0 Å². The highest BCUT2D eigenvalue weighted by atomic mass is 16.3. The lowest BCUT2D eigenvalue weighted by molar-refractivity contribution is 0.0177. The van der Waals surface area contributed by atoms with Gasteiger partial charge in [-0.1, -0.05) is 6.08 Å². The van der Waals surface area contributed by atoms with Crippen LogP contribution in [-0.2, 0) is 0 Å². The summed E-state index contributed by atoms with van der Waals surface area (Å²) in [5.74, 6) is -1.28. The van der Waals surface area contributed by atoms with Gasteiger partial charge in [0.05, 0.1) is 19.3 Å². The van der Waals surface area contributed by atoms with E-state index in [1.54, 1.807) is 0 Å². The Hall–Kier alpha value is -0.460. The molecular formula is C10H18O5. The molecule has 5 heteroatoms. The molecule has 0 bridgehead atoms. The molecule has 0 heterocycles. The summed E-state index contributed by atoms with van der Waals surface area (Å²) in [5, 5.41) is 46.0. The molecule has 3 atom stereocenters. The SMILES string of the molecule is OCC1=C[C@H](O)[C@H](C(CO)CO)[C@@H]1CO. The van der Waals surface area contributed by atoms with Crippen LogP contribution >= 0.6 is 0 Å². The third-order valence-electron chi connectivity index (χ3n) is 3.11. The molecule has 0 spiro atoms.